The number of methoxy groups -OCH3 is 1. The Balaban J connectivity index is 2.12. The van der Waals surface area contributed by atoms with Crippen LogP contribution in [0.3, 0.4) is 0 Å². The van der Waals surface area contributed by atoms with Gasteiger partial charge in [0.1, 0.15) is 0 Å². The lowest BCUT2D eigenvalue weighted by molar-refractivity contribution is 0.373. The lowest BCUT2D eigenvalue weighted by atomic mass is 10.2. The van der Waals surface area contributed by atoms with Crippen molar-refractivity contribution in [3.8, 4) is 11.5 Å². The van der Waals surface area contributed by atoms with Crippen LogP contribution in [0.25, 0.3) is 0 Å². The molecule has 1 heterocycles. The number of hydrogen-bond acceptors (Lipinski definition) is 5. The molecule has 94 valence electrons. The topological polar surface area (TPSA) is 67.3 Å². The molecular weight excluding hydrogens is 230 g/mol. The average molecular weight is 245 g/mol. The fourth-order valence-electron chi connectivity index (χ4n) is 1.64. The van der Waals surface area contributed by atoms with Crippen LogP contribution in [0.4, 0.5) is 5.69 Å². The predicted octanol–water partition coefficient (Wildman–Crippen LogP) is 2.36. The van der Waals surface area contributed by atoms with E-state index in [1.54, 1.807) is 30.7 Å². The number of hydrogen-bond donors (Lipinski definition) is 2. The van der Waals surface area contributed by atoms with Crippen LogP contribution < -0.4 is 10.1 Å². The van der Waals surface area contributed by atoms with Gasteiger partial charge in [-0.05, 0) is 19.1 Å². The summed E-state index contributed by atoms with van der Waals surface area (Å²) in [6.45, 7) is 1.98. The zero-order valence-corrected chi connectivity index (χ0v) is 10.3. The van der Waals surface area contributed by atoms with E-state index in [0.29, 0.717) is 5.75 Å². The van der Waals surface area contributed by atoms with Gasteiger partial charge in [-0.25, -0.2) is 0 Å². The molecule has 18 heavy (non-hydrogen) atoms. The Morgan fingerprint density at radius 1 is 1.33 bits per heavy atom. The molecule has 0 spiro atoms. The van der Waals surface area contributed by atoms with Crippen LogP contribution in [0, 0.1) is 0 Å². The van der Waals surface area contributed by atoms with Crippen molar-refractivity contribution in [3.05, 3.63) is 42.5 Å². The highest BCUT2D eigenvalue weighted by molar-refractivity contribution is 5.54. The first-order chi connectivity index (χ1) is 8.70. The number of aromatic nitrogens is 2. The van der Waals surface area contributed by atoms with E-state index in [-0.39, 0.29) is 11.8 Å². The summed E-state index contributed by atoms with van der Waals surface area (Å²) in [5.41, 5.74) is 1.64. The standard InChI is InChI=1S/C13H15N3O2/c1-9(11-8-14-5-6-15-11)16-10-3-4-13(18-2)12(17)7-10/h3-9,16-17H,1-2H3. The van der Waals surface area contributed by atoms with Gasteiger partial charge in [-0.2, -0.15) is 0 Å². The molecule has 0 bridgehead atoms. The molecule has 1 aromatic carbocycles. The SMILES string of the molecule is COc1ccc(NC(C)c2cnccn2)cc1O. The van der Waals surface area contributed by atoms with Crippen LogP contribution in [0.5, 0.6) is 11.5 Å². The molecule has 0 aliphatic heterocycles. The molecule has 1 unspecified atom stereocenters. The minimum Gasteiger partial charge on any atom is -0.504 e. The maximum atomic E-state index is 9.68. The van der Waals surface area contributed by atoms with Crippen molar-refractivity contribution in [3.63, 3.8) is 0 Å². The number of aromatic hydroxyl groups is 1. The van der Waals surface area contributed by atoms with Gasteiger partial charge in [0.15, 0.2) is 11.5 Å². The number of phenols is 1. The Bertz CT molecular complexity index is 517. The van der Waals surface area contributed by atoms with Gasteiger partial charge >= 0.3 is 0 Å². The van der Waals surface area contributed by atoms with E-state index in [2.05, 4.69) is 15.3 Å². The zero-order valence-electron chi connectivity index (χ0n) is 10.3. The molecule has 2 N–H and O–H groups in total. The van der Waals surface area contributed by atoms with Crippen LogP contribution >= 0.6 is 0 Å². The Morgan fingerprint density at radius 3 is 2.78 bits per heavy atom. The van der Waals surface area contributed by atoms with Crippen LogP contribution in [0.1, 0.15) is 18.7 Å². The highest BCUT2D eigenvalue weighted by atomic mass is 16.5. The number of benzene rings is 1. The smallest absolute Gasteiger partial charge is 0.160 e. The summed E-state index contributed by atoms with van der Waals surface area (Å²) in [4.78, 5) is 8.24. The first-order valence-electron chi connectivity index (χ1n) is 5.60. The molecule has 1 atom stereocenters. The first-order valence-corrected chi connectivity index (χ1v) is 5.60. The van der Waals surface area contributed by atoms with Crippen molar-refractivity contribution in [1.82, 2.24) is 9.97 Å². The fourth-order valence-corrected chi connectivity index (χ4v) is 1.64. The van der Waals surface area contributed by atoms with Gasteiger partial charge in [-0.3, -0.25) is 9.97 Å². The number of nitrogens with one attached hydrogen (secondary N) is 1. The second-order valence-electron chi connectivity index (χ2n) is 3.88. The van der Waals surface area contributed by atoms with E-state index in [1.165, 1.54) is 7.11 Å². The number of nitrogens with zero attached hydrogens (tertiary/aromatic N) is 2. The molecule has 2 aromatic rings. The van der Waals surface area contributed by atoms with E-state index in [1.807, 2.05) is 13.0 Å². The van der Waals surface area contributed by atoms with Gasteiger partial charge in [-0.1, -0.05) is 0 Å². The average Bonchev–Trinajstić information content (AvgIpc) is 2.40. The molecule has 2 rings (SSSR count). The summed E-state index contributed by atoms with van der Waals surface area (Å²) in [5, 5.41) is 12.9. The van der Waals surface area contributed by atoms with E-state index >= 15 is 0 Å². The van der Waals surface area contributed by atoms with Crippen LogP contribution in [-0.2, 0) is 0 Å². The van der Waals surface area contributed by atoms with Gasteiger partial charge in [-0.15, -0.1) is 0 Å². The number of phenolic OH excluding ortho intramolecular Hbond substituents is 1. The Morgan fingerprint density at radius 2 is 2.17 bits per heavy atom. The third-order valence-electron chi connectivity index (χ3n) is 2.59. The molecule has 0 saturated heterocycles. The molecule has 0 radical (unpaired) electrons. The van der Waals surface area contributed by atoms with Crippen LogP contribution in [0.2, 0.25) is 0 Å². The minimum atomic E-state index is 0.00601. The normalized spacial score (nSPS) is 11.9. The van der Waals surface area contributed by atoms with Crippen molar-refractivity contribution in [2.24, 2.45) is 0 Å². The summed E-state index contributed by atoms with van der Waals surface area (Å²) >= 11 is 0. The van der Waals surface area contributed by atoms with Gasteiger partial charge in [0.05, 0.1) is 25.0 Å². The fraction of sp³-hybridized carbons (Fsp3) is 0.231. The zero-order chi connectivity index (χ0) is 13.0. The van der Waals surface area contributed by atoms with E-state index in [0.717, 1.165) is 11.4 Å². The van der Waals surface area contributed by atoms with E-state index in [9.17, 15) is 5.11 Å². The molecule has 0 aliphatic rings. The molecule has 0 aliphatic carbocycles. The second kappa shape index (κ2) is 5.35. The monoisotopic (exact) mass is 245 g/mol. The van der Waals surface area contributed by atoms with Crippen molar-refractivity contribution in [1.29, 1.82) is 0 Å². The predicted molar refractivity (Wildman–Crippen MR) is 68.7 cm³/mol. The van der Waals surface area contributed by atoms with Crippen LogP contribution in [0.15, 0.2) is 36.8 Å². The molecular formula is C13H15N3O2. The summed E-state index contributed by atoms with van der Waals surface area (Å²) in [6, 6.07) is 5.17. The van der Waals surface area contributed by atoms with E-state index in [4.69, 9.17) is 4.74 Å². The van der Waals surface area contributed by atoms with Crippen LogP contribution in [-0.4, -0.2) is 22.2 Å². The number of ether oxygens (including phenoxy) is 1. The lowest BCUT2D eigenvalue weighted by Crippen LogP contribution is -2.08. The van der Waals surface area contributed by atoms with E-state index < -0.39 is 0 Å². The Kier molecular flexibility index (Phi) is 3.62. The summed E-state index contributed by atoms with van der Waals surface area (Å²) < 4.78 is 4.99. The quantitative estimate of drug-likeness (QED) is 0.865. The highest BCUT2D eigenvalue weighted by Crippen LogP contribution is 2.29. The third-order valence-corrected chi connectivity index (χ3v) is 2.59. The molecule has 0 amide bonds. The first kappa shape index (κ1) is 12.2. The molecule has 5 heteroatoms. The van der Waals surface area contributed by atoms with Crippen molar-refractivity contribution in [2.75, 3.05) is 12.4 Å². The molecule has 0 saturated carbocycles. The number of anilines is 1. The Hall–Kier alpha value is -2.30. The van der Waals surface area contributed by atoms with Gasteiger partial charge in [0.2, 0.25) is 0 Å². The summed E-state index contributed by atoms with van der Waals surface area (Å²) in [6.07, 6.45) is 5.00. The molecule has 1 aromatic heterocycles. The molecule has 5 nitrogen and oxygen atoms in total. The van der Waals surface area contributed by atoms with Crippen molar-refractivity contribution in [2.45, 2.75) is 13.0 Å². The Labute approximate surface area is 105 Å². The second-order valence-corrected chi connectivity index (χ2v) is 3.88. The summed E-state index contributed by atoms with van der Waals surface area (Å²) in [7, 11) is 1.52. The van der Waals surface area contributed by atoms with Gasteiger partial charge < -0.3 is 15.2 Å². The van der Waals surface area contributed by atoms with Crippen molar-refractivity contribution < 1.29 is 9.84 Å². The third kappa shape index (κ3) is 2.68. The maximum Gasteiger partial charge on any atom is 0.160 e. The van der Waals surface area contributed by atoms with Gasteiger partial charge in [0.25, 0.3) is 0 Å². The van der Waals surface area contributed by atoms with Gasteiger partial charge in [0, 0.05) is 24.1 Å². The largest absolute Gasteiger partial charge is 0.504 e. The molecule has 0 fully saturated rings. The lowest BCUT2D eigenvalue weighted by Gasteiger charge is -2.15. The summed E-state index contributed by atoms with van der Waals surface area (Å²) in [5.74, 6) is 0.557. The maximum absolute atomic E-state index is 9.68. The number of rotatable bonds is 4. The van der Waals surface area contributed by atoms with Crippen molar-refractivity contribution >= 4 is 5.69 Å². The minimum absolute atomic E-state index is 0.00601. The highest BCUT2D eigenvalue weighted by Gasteiger charge is 2.08.